The van der Waals surface area contributed by atoms with Crippen molar-refractivity contribution in [2.75, 3.05) is 13.2 Å². The molecule has 0 radical (unpaired) electrons. The number of aliphatic hydroxyl groups is 1. The maximum absolute atomic E-state index is 11.3. The van der Waals surface area contributed by atoms with Crippen LogP contribution in [0, 0.1) is 0 Å². The van der Waals surface area contributed by atoms with Gasteiger partial charge in [-0.1, -0.05) is 13.0 Å². The lowest BCUT2D eigenvalue weighted by Crippen LogP contribution is -2.25. The standard InChI is InChI=1S/C10H19NO2/c1-3-6-9(2)10(13)11-7-4-5-8-12/h6,12H,3-5,7-8H2,1-2H3,(H,11,13)/b9-6-. The number of aliphatic hydroxyl groups excluding tert-OH is 1. The Balaban J connectivity index is 3.56. The Morgan fingerprint density at radius 2 is 2.15 bits per heavy atom. The van der Waals surface area contributed by atoms with Crippen molar-refractivity contribution in [2.24, 2.45) is 0 Å². The average molecular weight is 185 g/mol. The second-order valence-corrected chi connectivity index (χ2v) is 2.98. The van der Waals surface area contributed by atoms with Crippen molar-refractivity contribution >= 4 is 5.91 Å². The van der Waals surface area contributed by atoms with E-state index in [2.05, 4.69) is 5.32 Å². The maximum atomic E-state index is 11.3. The van der Waals surface area contributed by atoms with E-state index in [-0.39, 0.29) is 12.5 Å². The zero-order chi connectivity index (χ0) is 10.1. The Kier molecular flexibility index (Phi) is 7.30. The van der Waals surface area contributed by atoms with Crippen LogP contribution in [0.25, 0.3) is 0 Å². The van der Waals surface area contributed by atoms with E-state index in [1.807, 2.05) is 19.9 Å². The molecule has 0 unspecified atom stereocenters. The Labute approximate surface area is 79.8 Å². The minimum atomic E-state index is -0.000195. The third-order valence-corrected chi connectivity index (χ3v) is 1.74. The summed E-state index contributed by atoms with van der Waals surface area (Å²) in [6.07, 6.45) is 4.37. The van der Waals surface area contributed by atoms with Crippen molar-refractivity contribution in [3.05, 3.63) is 11.6 Å². The van der Waals surface area contributed by atoms with Crippen molar-refractivity contribution in [3.8, 4) is 0 Å². The molecular weight excluding hydrogens is 166 g/mol. The zero-order valence-electron chi connectivity index (χ0n) is 8.47. The lowest BCUT2D eigenvalue weighted by molar-refractivity contribution is -0.117. The average Bonchev–Trinajstić information content (AvgIpc) is 2.12. The quantitative estimate of drug-likeness (QED) is 0.483. The van der Waals surface area contributed by atoms with Gasteiger partial charge in [0.15, 0.2) is 0 Å². The van der Waals surface area contributed by atoms with Gasteiger partial charge in [0, 0.05) is 18.7 Å². The van der Waals surface area contributed by atoms with E-state index in [1.54, 1.807) is 0 Å². The molecule has 0 bridgehead atoms. The van der Waals surface area contributed by atoms with Crippen molar-refractivity contribution in [3.63, 3.8) is 0 Å². The van der Waals surface area contributed by atoms with Crippen LogP contribution in [0.15, 0.2) is 11.6 Å². The van der Waals surface area contributed by atoms with Gasteiger partial charge in [-0.05, 0) is 26.2 Å². The van der Waals surface area contributed by atoms with Crippen molar-refractivity contribution in [1.29, 1.82) is 0 Å². The number of amides is 1. The molecule has 0 aromatic heterocycles. The molecule has 1 amide bonds. The lowest BCUT2D eigenvalue weighted by Gasteiger charge is -2.03. The van der Waals surface area contributed by atoms with Gasteiger partial charge in [0.25, 0.3) is 0 Å². The van der Waals surface area contributed by atoms with E-state index in [0.717, 1.165) is 24.8 Å². The molecule has 0 aromatic rings. The molecule has 0 aliphatic rings. The van der Waals surface area contributed by atoms with Gasteiger partial charge in [-0.2, -0.15) is 0 Å². The van der Waals surface area contributed by atoms with Crippen molar-refractivity contribution in [2.45, 2.75) is 33.1 Å². The summed E-state index contributed by atoms with van der Waals surface area (Å²) in [7, 11) is 0. The molecule has 0 saturated heterocycles. The highest BCUT2D eigenvalue weighted by molar-refractivity contribution is 5.92. The van der Waals surface area contributed by atoms with Gasteiger partial charge in [0.2, 0.25) is 5.91 Å². The number of allylic oxidation sites excluding steroid dienone is 1. The molecule has 76 valence electrons. The first-order valence-corrected chi connectivity index (χ1v) is 4.78. The Morgan fingerprint density at radius 3 is 2.69 bits per heavy atom. The summed E-state index contributed by atoms with van der Waals surface area (Å²) in [5.41, 5.74) is 0.770. The monoisotopic (exact) mass is 185 g/mol. The molecule has 0 aromatic carbocycles. The summed E-state index contributed by atoms with van der Waals surface area (Å²) >= 11 is 0. The van der Waals surface area contributed by atoms with Crippen LogP contribution >= 0.6 is 0 Å². The molecule has 0 aliphatic heterocycles. The van der Waals surface area contributed by atoms with Crippen LogP contribution in [0.1, 0.15) is 33.1 Å². The summed E-state index contributed by atoms with van der Waals surface area (Å²) in [6, 6.07) is 0. The fourth-order valence-electron chi connectivity index (χ4n) is 0.977. The fourth-order valence-corrected chi connectivity index (χ4v) is 0.977. The number of unbranched alkanes of at least 4 members (excludes halogenated alkanes) is 1. The molecule has 0 saturated carbocycles. The Morgan fingerprint density at radius 1 is 1.46 bits per heavy atom. The van der Waals surface area contributed by atoms with Crippen molar-refractivity contribution in [1.82, 2.24) is 5.32 Å². The number of carbonyl (C=O) groups is 1. The highest BCUT2D eigenvalue weighted by Crippen LogP contribution is 1.95. The van der Waals surface area contributed by atoms with Crippen LogP contribution in [0.4, 0.5) is 0 Å². The van der Waals surface area contributed by atoms with E-state index in [9.17, 15) is 4.79 Å². The summed E-state index contributed by atoms with van der Waals surface area (Å²) in [5.74, 6) is -0.000195. The van der Waals surface area contributed by atoms with Crippen LogP contribution < -0.4 is 5.32 Å². The molecule has 0 atom stereocenters. The molecule has 0 aliphatic carbocycles. The van der Waals surface area contributed by atoms with Crippen molar-refractivity contribution < 1.29 is 9.90 Å². The second kappa shape index (κ2) is 7.80. The Hall–Kier alpha value is -0.830. The van der Waals surface area contributed by atoms with Crippen LogP contribution in [0.5, 0.6) is 0 Å². The molecule has 13 heavy (non-hydrogen) atoms. The van der Waals surface area contributed by atoms with Gasteiger partial charge in [0.1, 0.15) is 0 Å². The lowest BCUT2D eigenvalue weighted by atomic mass is 10.2. The van der Waals surface area contributed by atoms with Gasteiger partial charge >= 0.3 is 0 Å². The van der Waals surface area contributed by atoms with Crippen LogP contribution in [-0.4, -0.2) is 24.2 Å². The van der Waals surface area contributed by atoms with Crippen LogP contribution in [0.3, 0.4) is 0 Å². The van der Waals surface area contributed by atoms with Gasteiger partial charge in [-0.3, -0.25) is 4.79 Å². The molecule has 0 rings (SSSR count). The largest absolute Gasteiger partial charge is 0.396 e. The molecule has 2 N–H and O–H groups in total. The first-order chi connectivity index (χ1) is 6.22. The molecule has 0 fully saturated rings. The molecule has 0 heterocycles. The maximum Gasteiger partial charge on any atom is 0.246 e. The number of hydrogen-bond donors (Lipinski definition) is 2. The predicted octanol–water partition coefficient (Wildman–Crippen LogP) is 1.23. The summed E-state index contributed by atoms with van der Waals surface area (Å²) in [4.78, 5) is 11.3. The fraction of sp³-hybridized carbons (Fsp3) is 0.700. The van der Waals surface area contributed by atoms with Crippen LogP contribution in [0.2, 0.25) is 0 Å². The summed E-state index contributed by atoms with van der Waals surface area (Å²) in [6.45, 7) is 4.65. The van der Waals surface area contributed by atoms with E-state index in [4.69, 9.17) is 5.11 Å². The number of nitrogens with one attached hydrogen (secondary N) is 1. The minimum absolute atomic E-state index is 0.000195. The molecular formula is C10H19NO2. The van der Waals surface area contributed by atoms with Gasteiger partial charge in [-0.25, -0.2) is 0 Å². The third kappa shape index (κ3) is 6.34. The second-order valence-electron chi connectivity index (χ2n) is 2.98. The zero-order valence-corrected chi connectivity index (χ0v) is 8.47. The highest BCUT2D eigenvalue weighted by Gasteiger charge is 2.00. The summed E-state index contributed by atoms with van der Waals surface area (Å²) < 4.78 is 0. The molecule has 0 spiro atoms. The normalized spacial score (nSPS) is 11.5. The first-order valence-electron chi connectivity index (χ1n) is 4.78. The van der Waals surface area contributed by atoms with Gasteiger partial charge < -0.3 is 10.4 Å². The number of carbonyl (C=O) groups excluding carboxylic acids is 1. The smallest absolute Gasteiger partial charge is 0.246 e. The predicted molar refractivity (Wildman–Crippen MR) is 53.4 cm³/mol. The summed E-state index contributed by atoms with van der Waals surface area (Å²) in [5, 5.41) is 11.3. The van der Waals surface area contributed by atoms with Crippen LogP contribution in [-0.2, 0) is 4.79 Å². The van der Waals surface area contributed by atoms with Gasteiger partial charge in [-0.15, -0.1) is 0 Å². The topological polar surface area (TPSA) is 49.3 Å². The minimum Gasteiger partial charge on any atom is -0.396 e. The molecule has 3 heteroatoms. The van der Waals surface area contributed by atoms with Gasteiger partial charge in [0.05, 0.1) is 0 Å². The number of hydrogen-bond acceptors (Lipinski definition) is 2. The molecule has 3 nitrogen and oxygen atoms in total. The van der Waals surface area contributed by atoms with E-state index in [1.165, 1.54) is 0 Å². The SMILES string of the molecule is CC/C=C(/C)C(=O)NCCCCO. The highest BCUT2D eigenvalue weighted by atomic mass is 16.2. The van der Waals surface area contributed by atoms with E-state index < -0.39 is 0 Å². The van der Waals surface area contributed by atoms with E-state index in [0.29, 0.717) is 6.54 Å². The first kappa shape index (κ1) is 12.2. The third-order valence-electron chi connectivity index (χ3n) is 1.74. The Bertz CT molecular complexity index is 176. The number of rotatable bonds is 6. The van der Waals surface area contributed by atoms with E-state index >= 15 is 0 Å².